The molecule has 0 saturated heterocycles. The molecule has 1 heterocycles. The number of rotatable bonds is 0. The summed E-state index contributed by atoms with van der Waals surface area (Å²) in [6.07, 6.45) is 0. The average molecular weight is 214 g/mol. The molecule has 1 aliphatic heterocycles. The van der Waals surface area contributed by atoms with Crippen molar-refractivity contribution in [2.75, 3.05) is 7.05 Å². The van der Waals surface area contributed by atoms with Crippen LogP contribution in [0.5, 0.6) is 0 Å². The first-order valence-electron chi connectivity index (χ1n) is 4.96. The fourth-order valence-corrected chi connectivity index (χ4v) is 3.04. The largest absolute Gasteiger partial charge is 0.200 e. The molecule has 1 radical (unpaired) electrons. The highest BCUT2D eigenvalue weighted by atomic mass is 32.2. The number of benzene rings is 2. The highest BCUT2D eigenvalue weighted by Crippen LogP contribution is 2.46. The van der Waals surface area contributed by atoms with E-state index in [0.29, 0.717) is 0 Å². The van der Waals surface area contributed by atoms with E-state index in [-0.39, 0.29) is 0 Å². The molecule has 2 aromatic rings. The first kappa shape index (κ1) is 9.01. The van der Waals surface area contributed by atoms with Gasteiger partial charge in [-0.15, -0.1) is 0 Å². The Kier molecular flexibility index (Phi) is 2.04. The first-order valence-corrected chi connectivity index (χ1v) is 5.77. The summed E-state index contributed by atoms with van der Waals surface area (Å²) in [5, 5.41) is 0. The van der Waals surface area contributed by atoms with E-state index in [2.05, 4.69) is 60.5 Å². The van der Waals surface area contributed by atoms with Gasteiger partial charge in [0, 0.05) is 12.1 Å². The lowest BCUT2D eigenvalue weighted by atomic mass is 10.3. The minimum atomic E-state index is 1.29. The lowest BCUT2D eigenvalue weighted by Crippen LogP contribution is -2.15. The molecule has 0 aliphatic carbocycles. The van der Waals surface area contributed by atoms with Gasteiger partial charge in [-0.1, -0.05) is 40.9 Å². The van der Waals surface area contributed by atoms with Crippen LogP contribution in [0.3, 0.4) is 0 Å². The summed E-state index contributed by atoms with van der Waals surface area (Å²) in [5.74, 6) is 0. The molecule has 0 N–H and O–H groups in total. The van der Waals surface area contributed by atoms with E-state index in [1.165, 1.54) is 21.2 Å². The molecule has 15 heavy (non-hydrogen) atoms. The zero-order valence-corrected chi connectivity index (χ0v) is 9.29. The van der Waals surface area contributed by atoms with E-state index < -0.39 is 0 Å². The summed E-state index contributed by atoms with van der Waals surface area (Å²) in [6.45, 7) is 0. The Morgan fingerprint density at radius 2 is 1.27 bits per heavy atom. The van der Waals surface area contributed by atoms with Gasteiger partial charge in [0.1, 0.15) is 7.05 Å². The van der Waals surface area contributed by atoms with E-state index in [1.807, 2.05) is 11.8 Å². The smallest absolute Gasteiger partial charge is 0.0979 e. The maximum Gasteiger partial charge on any atom is 0.200 e. The molecule has 1 nitrogen and oxygen atoms in total. The second-order valence-corrected chi connectivity index (χ2v) is 4.68. The van der Waals surface area contributed by atoms with Gasteiger partial charge in [-0.05, 0) is 12.1 Å². The van der Waals surface area contributed by atoms with Crippen LogP contribution in [-0.4, -0.2) is 7.05 Å². The predicted molar refractivity (Wildman–Crippen MR) is 64.4 cm³/mol. The number of hydrogen-bond acceptors (Lipinski definition) is 2. The lowest BCUT2D eigenvalue weighted by Gasteiger charge is -2.17. The van der Waals surface area contributed by atoms with E-state index in [4.69, 9.17) is 0 Å². The fourth-order valence-electron chi connectivity index (χ4n) is 1.89. The van der Waals surface area contributed by atoms with Crippen LogP contribution >= 0.6 is 11.8 Å². The van der Waals surface area contributed by atoms with Gasteiger partial charge in [-0.3, -0.25) is 0 Å². The molecule has 0 atom stereocenters. The van der Waals surface area contributed by atoms with Crippen molar-refractivity contribution in [1.82, 2.24) is 4.90 Å². The van der Waals surface area contributed by atoms with Crippen molar-refractivity contribution in [1.29, 1.82) is 0 Å². The van der Waals surface area contributed by atoms with Crippen LogP contribution in [0.2, 0.25) is 0 Å². The molecule has 0 fully saturated rings. The Balaban J connectivity index is 2.20. The van der Waals surface area contributed by atoms with Gasteiger partial charge in [0.15, 0.2) is 11.4 Å². The third-order valence-corrected chi connectivity index (χ3v) is 3.80. The highest BCUT2D eigenvalue weighted by Gasteiger charge is 2.29. The van der Waals surface area contributed by atoms with Crippen LogP contribution in [0, 0.1) is 0 Å². The fraction of sp³-hybridized carbons (Fsp3) is 0.0769. The molecule has 0 unspecified atom stereocenters. The molecular formula is C13H11NS+. The third kappa shape index (κ3) is 1.37. The van der Waals surface area contributed by atoms with Gasteiger partial charge in [0.25, 0.3) is 0 Å². The third-order valence-electron chi connectivity index (χ3n) is 2.67. The van der Waals surface area contributed by atoms with Crippen molar-refractivity contribution in [3.63, 3.8) is 0 Å². The predicted octanol–water partition coefficient (Wildman–Crippen LogP) is 3.88. The number of hydrogen-bond donors (Lipinski definition) is 0. The zero-order valence-electron chi connectivity index (χ0n) is 8.47. The van der Waals surface area contributed by atoms with E-state index in [9.17, 15) is 0 Å². The summed E-state index contributed by atoms with van der Waals surface area (Å²) < 4.78 is 0. The first-order chi connectivity index (χ1) is 7.36. The Hall–Kier alpha value is -1.25. The van der Waals surface area contributed by atoms with Gasteiger partial charge >= 0.3 is 0 Å². The molecule has 2 heteroatoms. The van der Waals surface area contributed by atoms with Crippen molar-refractivity contribution in [3.05, 3.63) is 48.5 Å². The topological polar surface area (TPSA) is 5.90 Å². The lowest BCUT2D eigenvalue weighted by molar-refractivity contribution is 0.802. The van der Waals surface area contributed by atoms with Gasteiger partial charge in [0.05, 0.1) is 9.79 Å². The zero-order chi connectivity index (χ0) is 10.3. The standard InChI is InChI=1S/C13H11NS/c1-14-10-6-2-4-8-12(10)15-13-9-5-3-7-11(13)14/h2-9H,1H3/q+1/i14+1. The average Bonchev–Trinajstić information content (AvgIpc) is 2.30. The quantitative estimate of drug-likeness (QED) is 0.476. The molecule has 3 rings (SSSR count). The molecule has 1 aliphatic rings. The molecule has 0 spiro atoms. The number of anilines is 2. The molecule has 2 aromatic carbocycles. The second kappa shape index (κ2) is 3.40. The van der Waals surface area contributed by atoms with Crippen molar-refractivity contribution < 1.29 is 0 Å². The van der Waals surface area contributed by atoms with Crippen LogP contribution in [-0.2, 0) is 0 Å². The van der Waals surface area contributed by atoms with E-state index >= 15 is 0 Å². The summed E-state index contributed by atoms with van der Waals surface area (Å²) in [4.78, 5) is 4.92. The van der Waals surface area contributed by atoms with Gasteiger partial charge in [-0.2, -0.15) is 0 Å². The normalized spacial score (nSPS) is 14.5. The Morgan fingerprint density at radius 1 is 0.800 bits per heavy atom. The van der Waals surface area contributed by atoms with Crippen molar-refractivity contribution in [2.45, 2.75) is 9.79 Å². The number of fused-ring (bicyclic) bond motifs is 2. The van der Waals surface area contributed by atoms with Crippen LogP contribution < -0.4 is 4.90 Å². The summed E-state index contributed by atoms with van der Waals surface area (Å²) >= 11 is 1.84. The maximum atomic E-state index is 2.25. The SMILES string of the molecule is C[15N+]1c2ccccc2Sc2ccccc21. The van der Waals surface area contributed by atoms with Crippen molar-refractivity contribution in [3.8, 4) is 0 Å². The minimum Gasteiger partial charge on any atom is -0.0979 e. The Morgan fingerprint density at radius 3 is 1.80 bits per heavy atom. The molecular weight excluding hydrogens is 203 g/mol. The van der Waals surface area contributed by atoms with Crippen molar-refractivity contribution >= 4 is 23.1 Å². The molecule has 73 valence electrons. The van der Waals surface area contributed by atoms with Gasteiger partial charge in [-0.25, -0.2) is 0 Å². The highest BCUT2D eigenvalue weighted by molar-refractivity contribution is 7.99. The minimum absolute atomic E-state index is 1.29. The number of para-hydroxylation sites is 2. The Bertz CT molecular complexity index is 462. The summed E-state index contributed by atoms with van der Waals surface area (Å²) in [5.41, 5.74) is 2.59. The van der Waals surface area contributed by atoms with E-state index in [1.54, 1.807) is 0 Å². The molecule has 0 bridgehead atoms. The van der Waals surface area contributed by atoms with Crippen LogP contribution in [0.15, 0.2) is 58.3 Å². The van der Waals surface area contributed by atoms with Crippen LogP contribution in [0.4, 0.5) is 11.4 Å². The summed E-state index contributed by atoms with van der Waals surface area (Å²) in [7, 11) is 2.12. The maximum absolute atomic E-state index is 2.25. The molecule has 0 saturated carbocycles. The van der Waals surface area contributed by atoms with E-state index in [0.717, 1.165) is 0 Å². The Labute approximate surface area is 93.7 Å². The molecule has 0 amide bonds. The molecule has 0 aromatic heterocycles. The number of nitrogens with zero attached hydrogens (tertiary/aromatic N) is 1. The summed E-state index contributed by atoms with van der Waals surface area (Å²) in [6, 6.07) is 17.0. The van der Waals surface area contributed by atoms with Crippen LogP contribution in [0.1, 0.15) is 0 Å². The second-order valence-electron chi connectivity index (χ2n) is 3.60. The monoisotopic (exact) mass is 214 g/mol. The van der Waals surface area contributed by atoms with Gasteiger partial charge < -0.3 is 0 Å². The van der Waals surface area contributed by atoms with Gasteiger partial charge in [0.2, 0.25) is 0 Å². The van der Waals surface area contributed by atoms with Crippen LogP contribution in [0.25, 0.3) is 0 Å². The van der Waals surface area contributed by atoms with Crippen molar-refractivity contribution in [2.24, 2.45) is 0 Å².